The van der Waals surface area contributed by atoms with Gasteiger partial charge in [-0.1, -0.05) is 17.8 Å². The molecule has 0 unspecified atom stereocenters. The van der Waals surface area contributed by atoms with Crippen molar-refractivity contribution >= 4 is 56.4 Å². The Morgan fingerprint density at radius 3 is 2.79 bits per heavy atom. The fourth-order valence-corrected chi connectivity index (χ4v) is 4.49. The molecule has 0 radical (unpaired) electrons. The molecule has 1 amide bonds. The Balaban J connectivity index is 1.67. The van der Waals surface area contributed by atoms with Crippen LogP contribution in [-0.4, -0.2) is 40.1 Å². The van der Waals surface area contributed by atoms with E-state index in [4.69, 9.17) is 0 Å². The van der Waals surface area contributed by atoms with Gasteiger partial charge in [-0.05, 0) is 31.2 Å². The molecule has 10 heteroatoms. The lowest BCUT2D eigenvalue weighted by Crippen LogP contribution is -2.19. The summed E-state index contributed by atoms with van der Waals surface area (Å²) in [6.07, 6.45) is 4.19. The predicted molar refractivity (Wildman–Crippen MR) is 112 cm³/mol. The molecular weight excluding hydrogens is 398 g/mol. The molecule has 3 heterocycles. The number of fused-ring (bicyclic) bond motifs is 1. The molecule has 3 aromatic rings. The van der Waals surface area contributed by atoms with Crippen LogP contribution in [0.1, 0.15) is 22.5 Å². The molecule has 144 valence electrons. The molecule has 0 aliphatic carbocycles. The highest BCUT2D eigenvalue weighted by molar-refractivity contribution is 7.98. The molecule has 8 nitrogen and oxygen atoms in total. The summed E-state index contributed by atoms with van der Waals surface area (Å²) in [6, 6.07) is 7.70. The molecule has 0 atom stereocenters. The standard InChI is InChI=1S/C18H17N5O3S2/c1-27-18-20-15(22-7-2-3-8-22)13-10-14(28-17(13)21-18)16(24)19-11-5-4-6-12(9-11)23(25)26/h4-6,9-10H,2-3,7-8H2,1H3,(H,19,24). The van der Waals surface area contributed by atoms with Gasteiger partial charge < -0.3 is 10.2 Å². The number of anilines is 2. The van der Waals surface area contributed by atoms with Gasteiger partial charge in [0.25, 0.3) is 11.6 Å². The fourth-order valence-electron chi connectivity index (χ4n) is 3.15. The zero-order chi connectivity index (χ0) is 19.7. The van der Waals surface area contributed by atoms with Crippen LogP contribution in [0.5, 0.6) is 0 Å². The summed E-state index contributed by atoms with van der Waals surface area (Å²) in [7, 11) is 0. The average Bonchev–Trinajstić information content (AvgIpc) is 3.37. The van der Waals surface area contributed by atoms with Gasteiger partial charge in [-0.25, -0.2) is 9.97 Å². The lowest BCUT2D eigenvalue weighted by molar-refractivity contribution is -0.384. The molecular formula is C18H17N5O3S2. The van der Waals surface area contributed by atoms with Crippen LogP contribution in [0.25, 0.3) is 10.2 Å². The molecule has 0 spiro atoms. The van der Waals surface area contributed by atoms with Crippen LogP contribution in [0, 0.1) is 10.1 Å². The van der Waals surface area contributed by atoms with Crippen LogP contribution in [0.3, 0.4) is 0 Å². The van der Waals surface area contributed by atoms with E-state index in [1.807, 2.05) is 12.3 Å². The average molecular weight is 416 g/mol. The Labute approximate surface area is 169 Å². The second-order valence-electron chi connectivity index (χ2n) is 6.32. The minimum Gasteiger partial charge on any atom is -0.356 e. The van der Waals surface area contributed by atoms with Crippen molar-refractivity contribution in [2.75, 3.05) is 29.6 Å². The minimum absolute atomic E-state index is 0.0686. The first-order valence-electron chi connectivity index (χ1n) is 8.71. The topological polar surface area (TPSA) is 101 Å². The van der Waals surface area contributed by atoms with Gasteiger partial charge >= 0.3 is 0 Å². The molecule has 4 rings (SSSR count). The van der Waals surface area contributed by atoms with Gasteiger partial charge in [-0.3, -0.25) is 14.9 Å². The molecule has 1 N–H and O–H groups in total. The van der Waals surface area contributed by atoms with E-state index in [1.165, 1.54) is 35.2 Å². The zero-order valence-electron chi connectivity index (χ0n) is 15.0. The first kappa shape index (κ1) is 18.6. The normalized spacial score (nSPS) is 13.8. The molecule has 1 aliphatic rings. The molecule has 1 fully saturated rings. The Morgan fingerprint density at radius 1 is 1.29 bits per heavy atom. The number of non-ortho nitro benzene ring substituents is 1. The van der Waals surface area contributed by atoms with Gasteiger partial charge in [0, 0.05) is 30.9 Å². The van der Waals surface area contributed by atoms with Gasteiger partial charge in [0.1, 0.15) is 10.6 Å². The van der Waals surface area contributed by atoms with E-state index in [2.05, 4.69) is 20.2 Å². The number of hydrogen-bond acceptors (Lipinski definition) is 8. The second kappa shape index (κ2) is 7.72. The number of hydrogen-bond donors (Lipinski definition) is 1. The Bertz CT molecular complexity index is 1060. The van der Waals surface area contributed by atoms with Crippen LogP contribution >= 0.6 is 23.1 Å². The highest BCUT2D eigenvalue weighted by Crippen LogP contribution is 2.34. The van der Waals surface area contributed by atoms with Gasteiger partial charge in [0.05, 0.1) is 15.2 Å². The molecule has 1 aromatic carbocycles. The number of amides is 1. The van der Waals surface area contributed by atoms with E-state index >= 15 is 0 Å². The number of thiophene rings is 1. The minimum atomic E-state index is -0.489. The maximum absolute atomic E-state index is 12.7. The lowest BCUT2D eigenvalue weighted by Gasteiger charge is -2.17. The summed E-state index contributed by atoms with van der Waals surface area (Å²) in [5, 5.41) is 15.2. The van der Waals surface area contributed by atoms with E-state index in [1.54, 1.807) is 12.1 Å². The largest absolute Gasteiger partial charge is 0.356 e. The summed E-state index contributed by atoms with van der Waals surface area (Å²) < 4.78 is 0. The Hall–Kier alpha value is -2.72. The summed E-state index contributed by atoms with van der Waals surface area (Å²) in [5.74, 6) is 0.555. The number of rotatable bonds is 5. The van der Waals surface area contributed by atoms with Crippen LogP contribution < -0.4 is 10.2 Å². The third-order valence-corrected chi connectivity index (χ3v) is 6.05. The van der Waals surface area contributed by atoms with Crippen LogP contribution in [0.15, 0.2) is 35.5 Å². The second-order valence-corrected chi connectivity index (χ2v) is 8.12. The summed E-state index contributed by atoms with van der Waals surface area (Å²) >= 11 is 2.78. The highest BCUT2D eigenvalue weighted by Gasteiger charge is 2.21. The number of nitro groups is 1. The third-order valence-electron chi connectivity index (χ3n) is 4.48. The quantitative estimate of drug-likeness (QED) is 0.289. The number of nitro benzene ring substituents is 1. The van der Waals surface area contributed by atoms with E-state index < -0.39 is 4.92 Å². The number of nitrogens with one attached hydrogen (secondary N) is 1. The first-order valence-corrected chi connectivity index (χ1v) is 10.8. The van der Waals surface area contributed by atoms with Crippen molar-refractivity contribution in [3.05, 3.63) is 45.3 Å². The van der Waals surface area contributed by atoms with E-state index in [-0.39, 0.29) is 11.6 Å². The van der Waals surface area contributed by atoms with Crippen LogP contribution in [-0.2, 0) is 0 Å². The zero-order valence-corrected chi connectivity index (χ0v) is 16.7. The fraction of sp³-hybridized carbons (Fsp3) is 0.278. The van der Waals surface area contributed by atoms with Crippen LogP contribution in [0.4, 0.5) is 17.2 Å². The summed E-state index contributed by atoms with van der Waals surface area (Å²) in [5.41, 5.74) is 0.313. The number of carbonyl (C=O) groups excluding carboxylic acids is 1. The summed E-state index contributed by atoms with van der Waals surface area (Å²) in [6.45, 7) is 1.90. The van der Waals surface area contributed by atoms with Crippen molar-refractivity contribution < 1.29 is 9.72 Å². The molecule has 1 saturated heterocycles. The number of thioether (sulfide) groups is 1. The maximum atomic E-state index is 12.7. The third kappa shape index (κ3) is 3.65. The molecule has 28 heavy (non-hydrogen) atoms. The maximum Gasteiger partial charge on any atom is 0.271 e. The van der Waals surface area contributed by atoms with E-state index in [0.717, 1.165) is 42.0 Å². The SMILES string of the molecule is CSc1nc(N2CCCC2)c2cc(C(=O)Nc3cccc([N+](=O)[O-])c3)sc2n1. The van der Waals surface area contributed by atoms with Crippen molar-refractivity contribution in [3.8, 4) is 0 Å². The van der Waals surface area contributed by atoms with E-state index in [9.17, 15) is 14.9 Å². The monoisotopic (exact) mass is 415 g/mol. The van der Waals surface area contributed by atoms with Crippen molar-refractivity contribution in [2.45, 2.75) is 18.0 Å². The molecule has 1 aliphatic heterocycles. The van der Waals surface area contributed by atoms with Crippen molar-refractivity contribution in [3.63, 3.8) is 0 Å². The smallest absolute Gasteiger partial charge is 0.271 e. The number of nitrogens with zero attached hydrogens (tertiary/aromatic N) is 4. The lowest BCUT2D eigenvalue weighted by atomic mass is 10.2. The van der Waals surface area contributed by atoms with Crippen molar-refractivity contribution in [1.82, 2.24) is 9.97 Å². The Kier molecular flexibility index (Phi) is 5.14. The van der Waals surface area contributed by atoms with Gasteiger partial charge in [-0.15, -0.1) is 11.3 Å². The Morgan fingerprint density at radius 2 is 2.07 bits per heavy atom. The first-order chi connectivity index (χ1) is 13.5. The molecule has 0 bridgehead atoms. The summed E-state index contributed by atoms with van der Waals surface area (Å²) in [4.78, 5) is 35.9. The molecule has 2 aromatic heterocycles. The molecule has 0 saturated carbocycles. The number of carbonyl (C=O) groups is 1. The highest BCUT2D eigenvalue weighted by atomic mass is 32.2. The van der Waals surface area contributed by atoms with Gasteiger partial charge in [0.2, 0.25) is 0 Å². The van der Waals surface area contributed by atoms with Crippen LogP contribution in [0.2, 0.25) is 0 Å². The van der Waals surface area contributed by atoms with Crippen molar-refractivity contribution in [1.29, 1.82) is 0 Å². The van der Waals surface area contributed by atoms with E-state index in [0.29, 0.717) is 15.7 Å². The number of benzene rings is 1. The predicted octanol–water partition coefficient (Wildman–Crippen LogP) is 4.17. The number of aromatic nitrogens is 2. The van der Waals surface area contributed by atoms with Gasteiger partial charge in [-0.2, -0.15) is 0 Å². The van der Waals surface area contributed by atoms with Crippen molar-refractivity contribution in [2.24, 2.45) is 0 Å². The van der Waals surface area contributed by atoms with Gasteiger partial charge in [0.15, 0.2) is 5.16 Å².